The van der Waals surface area contributed by atoms with Crippen LogP contribution in [0.3, 0.4) is 0 Å². The second kappa shape index (κ2) is 5.86. The van der Waals surface area contributed by atoms with Gasteiger partial charge in [0.1, 0.15) is 0 Å². The van der Waals surface area contributed by atoms with Crippen LogP contribution in [-0.2, 0) is 0 Å². The average Bonchev–Trinajstić information content (AvgIpc) is 2.80. The van der Waals surface area contributed by atoms with E-state index in [9.17, 15) is 0 Å². The Kier molecular flexibility index (Phi) is 4.45. The molecule has 15 heavy (non-hydrogen) atoms. The van der Waals surface area contributed by atoms with E-state index in [1.54, 1.807) is 0 Å². The molecule has 1 saturated carbocycles. The summed E-state index contributed by atoms with van der Waals surface area (Å²) in [5.74, 6) is 1.90. The molecule has 2 rings (SSSR count). The molecular formula is C13H26N2. The van der Waals surface area contributed by atoms with E-state index in [-0.39, 0.29) is 0 Å². The molecule has 2 atom stereocenters. The molecule has 88 valence electrons. The highest BCUT2D eigenvalue weighted by Crippen LogP contribution is 2.30. The van der Waals surface area contributed by atoms with E-state index in [2.05, 4.69) is 17.7 Å². The fraction of sp³-hybridized carbons (Fsp3) is 1.00. The lowest BCUT2D eigenvalue weighted by atomic mass is 9.80. The van der Waals surface area contributed by atoms with Crippen molar-refractivity contribution in [1.82, 2.24) is 10.6 Å². The van der Waals surface area contributed by atoms with E-state index in [1.807, 2.05) is 0 Å². The van der Waals surface area contributed by atoms with Crippen molar-refractivity contribution in [3.05, 3.63) is 0 Å². The van der Waals surface area contributed by atoms with E-state index in [0.717, 1.165) is 17.9 Å². The van der Waals surface area contributed by atoms with Gasteiger partial charge in [-0.15, -0.1) is 0 Å². The van der Waals surface area contributed by atoms with Gasteiger partial charge in [0.15, 0.2) is 0 Å². The van der Waals surface area contributed by atoms with Gasteiger partial charge in [-0.05, 0) is 57.7 Å². The summed E-state index contributed by atoms with van der Waals surface area (Å²) < 4.78 is 0. The first-order valence-corrected chi connectivity index (χ1v) is 6.78. The molecule has 0 spiro atoms. The Labute approximate surface area is 94.2 Å². The third-order valence-corrected chi connectivity index (χ3v) is 4.34. The summed E-state index contributed by atoms with van der Waals surface area (Å²) in [4.78, 5) is 0. The molecule has 1 heterocycles. The molecular weight excluding hydrogens is 184 g/mol. The van der Waals surface area contributed by atoms with Crippen LogP contribution >= 0.6 is 0 Å². The molecule has 0 bridgehead atoms. The summed E-state index contributed by atoms with van der Waals surface area (Å²) in [6.45, 7) is 2.50. The summed E-state index contributed by atoms with van der Waals surface area (Å²) >= 11 is 0. The van der Waals surface area contributed by atoms with Crippen LogP contribution in [0.15, 0.2) is 0 Å². The first-order chi connectivity index (χ1) is 7.40. The SMILES string of the molecule is CNC(CC1CCNC1)C1CCCCC1. The normalized spacial score (nSPS) is 30.6. The standard InChI is InChI=1S/C13H26N2/c1-14-13(9-11-7-8-15-10-11)12-5-3-2-4-6-12/h11-15H,2-10H2,1H3. The minimum atomic E-state index is 0.787. The molecule has 1 aliphatic heterocycles. The zero-order valence-corrected chi connectivity index (χ0v) is 10.1. The number of hydrogen-bond acceptors (Lipinski definition) is 2. The maximum Gasteiger partial charge on any atom is 0.00954 e. The van der Waals surface area contributed by atoms with Crippen LogP contribution in [0, 0.1) is 11.8 Å². The van der Waals surface area contributed by atoms with Gasteiger partial charge in [-0.25, -0.2) is 0 Å². The monoisotopic (exact) mass is 210 g/mol. The van der Waals surface area contributed by atoms with Crippen molar-refractivity contribution in [2.45, 2.75) is 51.0 Å². The first kappa shape index (κ1) is 11.4. The van der Waals surface area contributed by atoms with E-state index < -0.39 is 0 Å². The molecule has 0 amide bonds. The third kappa shape index (κ3) is 3.18. The van der Waals surface area contributed by atoms with Crippen LogP contribution in [0.25, 0.3) is 0 Å². The van der Waals surface area contributed by atoms with Gasteiger partial charge >= 0.3 is 0 Å². The van der Waals surface area contributed by atoms with Gasteiger partial charge in [-0.2, -0.15) is 0 Å². The first-order valence-electron chi connectivity index (χ1n) is 6.78. The van der Waals surface area contributed by atoms with Crippen molar-refractivity contribution in [3.8, 4) is 0 Å². The quantitative estimate of drug-likeness (QED) is 0.743. The van der Waals surface area contributed by atoms with Crippen molar-refractivity contribution < 1.29 is 0 Å². The van der Waals surface area contributed by atoms with Crippen LogP contribution in [0.1, 0.15) is 44.9 Å². The summed E-state index contributed by atoms with van der Waals surface area (Å²) in [6.07, 6.45) is 10.1. The summed E-state index contributed by atoms with van der Waals surface area (Å²) in [5.41, 5.74) is 0. The van der Waals surface area contributed by atoms with Crippen molar-refractivity contribution in [2.24, 2.45) is 11.8 Å². The van der Waals surface area contributed by atoms with Crippen molar-refractivity contribution >= 4 is 0 Å². The topological polar surface area (TPSA) is 24.1 Å². The molecule has 2 N–H and O–H groups in total. The summed E-state index contributed by atoms with van der Waals surface area (Å²) in [6, 6.07) is 0.787. The Morgan fingerprint density at radius 2 is 2.00 bits per heavy atom. The Hall–Kier alpha value is -0.0800. The maximum absolute atomic E-state index is 3.57. The van der Waals surface area contributed by atoms with E-state index in [4.69, 9.17) is 0 Å². The van der Waals surface area contributed by atoms with Gasteiger partial charge in [0, 0.05) is 6.04 Å². The van der Waals surface area contributed by atoms with Gasteiger partial charge in [-0.3, -0.25) is 0 Å². The fourth-order valence-electron chi connectivity index (χ4n) is 3.36. The molecule has 2 unspecified atom stereocenters. The molecule has 2 aliphatic rings. The number of rotatable bonds is 4. The van der Waals surface area contributed by atoms with Crippen LogP contribution in [-0.4, -0.2) is 26.2 Å². The van der Waals surface area contributed by atoms with E-state index in [1.165, 1.54) is 58.0 Å². The lowest BCUT2D eigenvalue weighted by molar-refractivity contribution is 0.246. The zero-order valence-electron chi connectivity index (χ0n) is 10.1. The minimum absolute atomic E-state index is 0.787. The second-order valence-electron chi connectivity index (χ2n) is 5.39. The lowest BCUT2D eigenvalue weighted by Gasteiger charge is -2.31. The molecule has 1 aliphatic carbocycles. The predicted octanol–water partition coefficient (Wildman–Crippen LogP) is 2.15. The smallest absolute Gasteiger partial charge is 0.00954 e. The molecule has 2 heteroatoms. The molecule has 0 radical (unpaired) electrons. The molecule has 1 saturated heterocycles. The van der Waals surface area contributed by atoms with Crippen molar-refractivity contribution in [2.75, 3.05) is 20.1 Å². The molecule has 0 aromatic rings. The Bertz CT molecular complexity index is 169. The predicted molar refractivity (Wildman–Crippen MR) is 65.0 cm³/mol. The van der Waals surface area contributed by atoms with Crippen molar-refractivity contribution in [1.29, 1.82) is 0 Å². The number of nitrogens with one attached hydrogen (secondary N) is 2. The zero-order chi connectivity index (χ0) is 10.5. The van der Waals surface area contributed by atoms with Gasteiger partial charge < -0.3 is 10.6 Å². The average molecular weight is 210 g/mol. The van der Waals surface area contributed by atoms with Crippen LogP contribution in [0.2, 0.25) is 0 Å². The lowest BCUT2D eigenvalue weighted by Crippen LogP contribution is -2.36. The van der Waals surface area contributed by atoms with Gasteiger partial charge in [0.2, 0.25) is 0 Å². The second-order valence-corrected chi connectivity index (χ2v) is 5.39. The highest BCUT2D eigenvalue weighted by molar-refractivity contribution is 4.83. The highest BCUT2D eigenvalue weighted by Gasteiger charge is 2.26. The van der Waals surface area contributed by atoms with E-state index >= 15 is 0 Å². The minimum Gasteiger partial charge on any atom is -0.317 e. The van der Waals surface area contributed by atoms with Gasteiger partial charge in [0.05, 0.1) is 0 Å². The highest BCUT2D eigenvalue weighted by atomic mass is 14.9. The van der Waals surface area contributed by atoms with Crippen LogP contribution in [0.4, 0.5) is 0 Å². The molecule has 2 fully saturated rings. The largest absolute Gasteiger partial charge is 0.317 e. The van der Waals surface area contributed by atoms with Crippen molar-refractivity contribution in [3.63, 3.8) is 0 Å². The fourth-order valence-corrected chi connectivity index (χ4v) is 3.36. The number of hydrogen-bond donors (Lipinski definition) is 2. The summed E-state index contributed by atoms with van der Waals surface area (Å²) in [5, 5.41) is 7.05. The molecule has 0 aromatic carbocycles. The summed E-state index contributed by atoms with van der Waals surface area (Å²) in [7, 11) is 2.15. The maximum atomic E-state index is 3.57. The Morgan fingerprint density at radius 3 is 2.60 bits per heavy atom. The van der Waals surface area contributed by atoms with E-state index in [0.29, 0.717) is 0 Å². The van der Waals surface area contributed by atoms with Gasteiger partial charge in [0.25, 0.3) is 0 Å². The molecule has 2 nitrogen and oxygen atoms in total. The third-order valence-electron chi connectivity index (χ3n) is 4.34. The van der Waals surface area contributed by atoms with Gasteiger partial charge in [-0.1, -0.05) is 19.3 Å². The van der Waals surface area contributed by atoms with Crippen LogP contribution < -0.4 is 10.6 Å². The Morgan fingerprint density at radius 1 is 1.20 bits per heavy atom. The Balaban J connectivity index is 1.79. The molecule has 0 aromatic heterocycles. The van der Waals surface area contributed by atoms with Crippen LogP contribution in [0.5, 0.6) is 0 Å².